The quantitative estimate of drug-likeness (QED) is 0.616. The summed E-state index contributed by atoms with van der Waals surface area (Å²) in [7, 11) is 1.38. The molecule has 2 aromatic carbocycles. The molecule has 0 spiro atoms. The van der Waals surface area contributed by atoms with E-state index in [2.05, 4.69) is 4.74 Å². The number of thioether (sulfide) groups is 1. The molecule has 0 saturated heterocycles. The van der Waals surface area contributed by atoms with Gasteiger partial charge in [-0.25, -0.2) is 4.79 Å². The molecular formula is C15H13ClO2S. The number of carbonyl (C=O) groups is 1. The summed E-state index contributed by atoms with van der Waals surface area (Å²) in [5.41, 5.74) is 1.72. The second-order valence-electron chi connectivity index (χ2n) is 3.93. The number of carbonyl (C=O) groups excluding carboxylic acids is 1. The predicted molar refractivity (Wildman–Crippen MR) is 78.8 cm³/mol. The van der Waals surface area contributed by atoms with Crippen LogP contribution in [0.2, 0.25) is 5.02 Å². The van der Waals surface area contributed by atoms with Gasteiger partial charge in [0.25, 0.3) is 0 Å². The Labute approximate surface area is 121 Å². The second-order valence-corrected chi connectivity index (χ2v) is 5.42. The molecule has 0 aliphatic heterocycles. The van der Waals surface area contributed by atoms with Crippen molar-refractivity contribution in [3.63, 3.8) is 0 Å². The van der Waals surface area contributed by atoms with Crippen LogP contribution in [0.5, 0.6) is 0 Å². The van der Waals surface area contributed by atoms with Crippen LogP contribution in [0.4, 0.5) is 0 Å². The zero-order chi connectivity index (χ0) is 13.7. The third-order valence-corrected chi connectivity index (χ3v) is 3.88. The summed E-state index contributed by atoms with van der Waals surface area (Å²) in [5, 5.41) is 0.742. The van der Waals surface area contributed by atoms with Gasteiger partial charge in [-0.1, -0.05) is 29.8 Å². The number of rotatable bonds is 4. The van der Waals surface area contributed by atoms with Crippen LogP contribution in [-0.4, -0.2) is 13.1 Å². The van der Waals surface area contributed by atoms with E-state index in [-0.39, 0.29) is 5.97 Å². The van der Waals surface area contributed by atoms with E-state index in [1.54, 1.807) is 23.9 Å². The minimum Gasteiger partial charge on any atom is -0.465 e. The fourth-order valence-electron chi connectivity index (χ4n) is 1.58. The van der Waals surface area contributed by atoms with Gasteiger partial charge in [-0.2, -0.15) is 0 Å². The van der Waals surface area contributed by atoms with Gasteiger partial charge in [-0.3, -0.25) is 0 Å². The minimum atomic E-state index is -0.311. The zero-order valence-electron chi connectivity index (χ0n) is 10.4. The van der Waals surface area contributed by atoms with E-state index in [0.29, 0.717) is 5.56 Å². The molecular weight excluding hydrogens is 280 g/mol. The molecule has 0 aliphatic rings. The zero-order valence-corrected chi connectivity index (χ0v) is 12.0. The maximum Gasteiger partial charge on any atom is 0.337 e. The Kier molecular flexibility index (Phi) is 4.88. The van der Waals surface area contributed by atoms with Crippen LogP contribution in [0.1, 0.15) is 15.9 Å². The Bertz CT molecular complexity index is 567. The number of hydrogen-bond acceptors (Lipinski definition) is 3. The first-order valence-electron chi connectivity index (χ1n) is 5.74. The van der Waals surface area contributed by atoms with Crippen LogP contribution in [0.15, 0.2) is 53.4 Å². The highest BCUT2D eigenvalue weighted by atomic mass is 35.5. The molecule has 0 aromatic heterocycles. The SMILES string of the molecule is COC(=O)c1ccc(CSc2cccc(Cl)c2)cc1. The number of methoxy groups -OCH3 is 1. The van der Waals surface area contributed by atoms with Crippen LogP contribution >= 0.6 is 23.4 Å². The summed E-state index contributed by atoms with van der Waals surface area (Å²) in [5.74, 6) is 0.524. The smallest absolute Gasteiger partial charge is 0.337 e. The predicted octanol–water partition coefficient (Wildman–Crippen LogP) is 4.42. The molecule has 2 rings (SSSR count). The molecule has 0 fully saturated rings. The first-order chi connectivity index (χ1) is 9.19. The van der Waals surface area contributed by atoms with E-state index < -0.39 is 0 Å². The fraction of sp³-hybridized carbons (Fsp3) is 0.133. The molecule has 0 bridgehead atoms. The molecule has 0 saturated carbocycles. The number of esters is 1. The topological polar surface area (TPSA) is 26.3 Å². The molecule has 0 N–H and O–H groups in total. The van der Waals surface area contributed by atoms with Crippen molar-refractivity contribution < 1.29 is 9.53 Å². The largest absolute Gasteiger partial charge is 0.465 e. The van der Waals surface area contributed by atoms with E-state index in [1.807, 2.05) is 36.4 Å². The monoisotopic (exact) mass is 292 g/mol. The molecule has 0 heterocycles. The van der Waals surface area contributed by atoms with Gasteiger partial charge in [0, 0.05) is 15.7 Å². The summed E-state index contributed by atoms with van der Waals surface area (Å²) in [6, 6.07) is 15.2. The maximum atomic E-state index is 11.3. The highest BCUT2D eigenvalue weighted by molar-refractivity contribution is 7.98. The van der Waals surface area contributed by atoms with Crippen LogP contribution in [-0.2, 0) is 10.5 Å². The Balaban J connectivity index is 1.98. The van der Waals surface area contributed by atoms with Gasteiger partial charge in [0.1, 0.15) is 0 Å². The molecule has 0 amide bonds. The average molecular weight is 293 g/mol. The molecule has 0 radical (unpaired) electrons. The molecule has 4 heteroatoms. The van der Waals surface area contributed by atoms with Crippen molar-refractivity contribution in [1.29, 1.82) is 0 Å². The summed E-state index contributed by atoms with van der Waals surface area (Å²) in [6.45, 7) is 0. The molecule has 98 valence electrons. The van der Waals surface area contributed by atoms with Crippen molar-refractivity contribution >= 4 is 29.3 Å². The van der Waals surface area contributed by atoms with Crippen LogP contribution in [0.3, 0.4) is 0 Å². The second kappa shape index (κ2) is 6.64. The van der Waals surface area contributed by atoms with Gasteiger partial charge < -0.3 is 4.74 Å². The van der Waals surface area contributed by atoms with E-state index >= 15 is 0 Å². The first-order valence-corrected chi connectivity index (χ1v) is 7.11. The van der Waals surface area contributed by atoms with Gasteiger partial charge in [0.05, 0.1) is 12.7 Å². The van der Waals surface area contributed by atoms with Crippen molar-refractivity contribution in [1.82, 2.24) is 0 Å². The molecule has 0 aliphatic carbocycles. The molecule has 0 unspecified atom stereocenters. The Morgan fingerprint density at radius 3 is 2.58 bits per heavy atom. The number of halogens is 1. The van der Waals surface area contributed by atoms with Crippen molar-refractivity contribution in [2.45, 2.75) is 10.6 Å². The third-order valence-electron chi connectivity index (χ3n) is 2.58. The molecule has 19 heavy (non-hydrogen) atoms. The van der Waals surface area contributed by atoms with Crippen molar-refractivity contribution in [3.8, 4) is 0 Å². The van der Waals surface area contributed by atoms with Crippen LogP contribution < -0.4 is 0 Å². The van der Waals surface area contributed by atoms with Gasteiger partial charge in [0.15, 0.2) is 0 Å². The molecule has 2 nitrogen and oxygen atoms in total. The van der Waals surface area contributed by atoms with E-state index in [1.165, 1.54) is 7.11 Å². The lowest BCUT2D eigenvalue weighted by Crippen LogP contribution is -2.00. The van der Waals surface area contributed by atoms with Gasteiger partial charge >= 0.3 is 5.97 Å². The lowest BCUT2D eigenvalue weighted by molar-refractivity contribution is 0.0601. The van der Waals surface area contributed by atoms with Crippen molar-refractivity contribution in [2.75, 3.05) is 7.11 Å². The molecule has 2 aromatic rings. The van der Waals surface area contributed by atoms with E-state index in [0.717, 1.165) is 21.2 Å². The number of ether oxygens (including phenoxy) is 1. The Morgan fingerprint density at radius 1 is 1.21 bits per heavy atom. The number of hydrogen-bond donors (Lipinski definition) is 0. The van der Waals surface area contributed by atoms with Crippen molar-refractivity contribution in [2.24, 2.45) is 0 Å². The summed E-state index contributed by atoms with van der Waals surface area (Å²) in [6.07, 6.45) is 0. The van der Waals surface area contributed by atoms with Crippen molar-refractivity contribution in [3.05, 3.63) is 64.7 Å². The lowest BCUT2D eigenvalue weighted by Gasteiger charge is -2.04. The summed E-state index contributed by atoms with van der Waals surface area (Å²) >= 11 is 7.64. The van der Waals surface area contributed by atoms with Crippen LogP contribution in [0.25, 0.3) is 0 Å². The Hall–Kier alpha value is -1.45. The van der Waals surface area contributed by atoms with Crippen LogP contribution in [0, 0.1) is 0 Å². The summed E-state index contributed by atoms with van der Waals surface area (Å²) < 4.78 is 4.66. The Morgan fingerprint density at radius 2 is 1.95 bits per heavy atom. The maximum absolute atomic E-state index is 11.3. The highest BCUT2D eigenvalue weighted by Crippen LogP contribution is 2.25. The summed E-state index contributed by atoms with van der Waals surface area (Å²) in [4.78, 5) is 12.4. The fourth-order valence-corrected chi connectivity index (χ4v) is 2.74. The number of benzene rings is 2. The molecule has 0 atom stereocenters. The first kappa shape index (κ1) is 14.0. The highest BCUT2D eigenvalue weighted by Gasteiger charge is 2.04. The van der Waals surface area contributed by atoms with Gasteiger partial charge in [-0.05, 0) is 35.9 Å². The lowest BCUT2D eigenvalue weighted by atomic mass is 10.1. The standard InChI is InChI=1S/C15H13ClO2S/c1-18-15(17)12-7-5-11(6-8-12)10-19-14-4-2-3-13(16)9-14/h2-9H,10H2,1H3. The third kappa shape index (κ3) is 4.01. The van der Waals surface area contributed by atoms with E-state index in [4.69, 9.17) is 11.6 Å². The van der Waals surface area contributed by atoms with Gasteiger partial charge in [0.2, 0.25) is 0 Å². The normalized spacial score (nSPS) is 10.2. The van der Waals surface area contributed by atoms with E-state index in [9.17, 15) is 4.79 Å². The minimum absolute atomic E-state index is 0.311. The average Bonchev–Trinajstić information content (AvgIpc) is 2.45. The van der Waals surface area contributed by atoms with Gasteiger partial charge in [-0.15, -0.1) is 11.8 Å².